The van der Waals surface area contributed by atoms with Crippen molar-refractivity contribution in [1.82, 2.24) is 0 Å². The van der Waals surface area contributed by atoms with E-state index in [1.54, 1.807) is 0 Å². The predicted molar refractivity (Wildman–Crippen MR) is 5.61 cm³/mol. The molecular weight excluding hydrogens is 150 g/mol. The van der Waals surface area contributed by atoms with E-state index < -0.39 is 0 Å². The van der Waals surface area contributed by atoms with Gasteiger partial charge in [0.15, 0.2) is 0 Å². The number of rotatable bonds is 0. The molecular formula is CCoNZn. The molecule has 0 aliphatic heterocycles. The van der Waals surface area contributed by atoms with E-state index in [1.807, 2.05) is 0 Å². The predicted octanol–water partition coefficient (Wildman–Crippen LogP) is 0.0118. The summed E-state index contributed by atoms with van der Waals surface area (Å²) < 4.78 is 0. The van der Waals surface area contributed by atoms with Gasteiger partial charge in [-0.05, 0) is 0 Å². The van der Waals surface area contributed by atoms with Gasteiger partial charge in [0.1, 0.15) is 0 Å². The summed E-state index contributed by atoms with van der Waals surface area (Å²) >= 11 is 3.13. The van der Waals surface area contributed by atoms with Gasteiger partial charge in [-0.25, -0.2) is 0 Å². The fourth-order valence-corrected chi connectivity index (χ4v) is 0. The number of hydrogen-bond acceptors (Lipinski definition) is 1. The first-order valence-electron chi connectivity index (χ1n) is 0.390. The summed E-state index contributed by atoms with van der Waals surface area (Å²) in [6.45, 7) is 0. The molecule has 0 aliphatic carbocycles. The van der Waals surface area contributed by atoms with E-state index in [9.17, 15) is 0 Å². The molecule has 0 heterocycles. The summed E-state index contributed by atoms with van der Waals surface area (Å²) in [5.41, 5.74) is 0. The molecule has 0 atom stereocenters. The molecule has 0 rings (SSSR count). The van der Waals surface area contributed by atoms with E-state index in [1.165, 1.54) is 5.00 Å². The Hall–Kier alpha value is 0.620. The molecule has 0 aromatic heterocycles. The third kappa shape index (κ3) is 17.9. The van der Waals surface area contributed by atoms with Crippen LogP contribution in [-0.2, 0) is 35.2 Å². The van der Waals surface area contributed by atoms with E-state index >= 15 is 0 Å². The van der Waals surface area contributed by atoms with E-state index in [-0.39, 0.29) is 19.5 Å². The van der Waals surface area contributed by atoms with Crippen molar-refractivity contribution in [1.29, 1.82) is 5.26 Å². The van der Waals surface area contributed by atoms with E-state index in [0.717, 1.165) is 0 Å². The van der Waals surface area contributed by atoms with Gasteiger partial charge in [-0.15, -0.1) is 0 Å². The minimum absolute atomic E-state index is 0. The van der Waals surface area contributed by atoms with Crippen LogP contribution < -0.4 is 0 Å². The molecule has 20 valence electrons. The van der Waals surface area contributed by atoms with Crippen molar-refractivity contribution in [2.45, 2.75) is 0 Å². The zero-order valence-corrected chi connectivity index (χ0v) is 6.00. The van der Waals surface area contributed by atoms with Crippen LogP contribution in [0.5, 0.6) is 0 Å². The smallest absolute Gasteiger partial charge is 2.00 e. The van der Waals surface area contributed by atoms with Gasteiger partial charge in [0.2, 0.25) is 0 Å². The summed E-state index contributed by atoms with van der Waals surface area (Å²) in [4.78, 5) is 0. The molecule has 0 saturated heterocycles. The standard InChI is InChI=1S/CN.Co.Zn/c1-2;;/q;-2;+2. The molecule has 1 nitrogen and oxygen atoms in total. The van der Waals surface area contributed by atoms with Crippen molar-refractivity contribution < 1.29 is 35.2 Å². The van der Waals surface area contributed by atoms with Crippen molar-refractivity contribution in [2.24, 2.45) is 0 Å². The summed E-state index contributed by atoms with van der Waals surface area (Å²) in [7, 11) is 0. The largest absolute Gasteiger partial charge is 2.00 e. The third-order valence-corrected chi connectivity index (χ3v) is 0. The van der Waals surface area contributed by atoms with Gasteiger partial charge in [0.25, 0.3) is 0 Å². The van der Waals surface area contributed by atoms with Gasteiger partial charge in [0.05, 0.1) is 0 Å². The first-order valence-corrected chi connectivity index (χ1v) is 0.911. The fraction of sp³-hybridized carbons (Fsp3) is 0. The van der Waals surface area contributed by atoms with E-state index in [4.69, 9.17) is 5.26 Å². The SMILES string of the molecule is N#[C][Co-2].[Zn+2]. The molecule has 0 bridgehead atoms. The fourth-order valence-electron chi connectivity index (χ4n) is 0. The first kappa shape index (κ1) is 8.82. The minimum Gasteiger partial charge on any atom is 2.00 e. The van der Waals surface area contributed by atoms with E-state index in [2.05, 4.69) is 15.7 Å². The van der Waals surface area contributed by atoms with Gasteiger partial charge in [0, 0.05) is 0 Å². The summed E-state index contributed by atoms with van der Waals surface area (Å²) in [5.74, 6) is 0. The van der Waals surface area contributed by atoms with Gasteiger partial charge in [-0.1, -0.05) is 0 Å². The van der Waals surface area contributed by atoms with Crippen molar-refractivity contribution in [3.05, 3.63) is 0 Å². The second kappa shape index (κ2) is 9.47. The second-order valence-corrected chi connectivity index (χ2v) is 0.307. The molecule has 0 radical (unpaired) electrons. The zero-order valence-electron chi connectivity index (χ0n) is 1.99. The van der Waals surface area contributed by atoms with Crippen LogP contribution in [0.4, 0.5) is 0 Å². The van der Waals surface area contributed by atoms with Crippen LogP contribution in [0.2, 0.25) is 0 Å². The first-order chi connectivity index (χ1) is 1.41. The molecule has 0 spiro atoms. The number of nitriles is 1. The van der Waals surface area contributed by atoms with Crippen molar-refractivity contribution in [3.8, 4) is 5.00 Å². The molecule has 0 fully saturated rings. The van der Waals surface area contributed by atoms with Crippen LogP contribution in [0.3, 0.4) is 0 Å². The average Bonchev–Trinajstić information content (AvgIpc) is 0.918. The zero-order chi connectivity index (χ0) is 2.71. The Morgan fingerprint density at radius 3 is 1.75 bits per heavy atom. The molecule has 0 saturated carbocycles. The van der Waals surface area contributed by atoms with Gasteiger partial charge in [-0.2, -0.15) is 0 Å². The molecule has 3 heteroatoms. The maximum Gasteiger partial charge on any atom is 2.00 e. The Balaban J connectivity index is 0. The molecule has 4 heavy (non-hydrogen) atoms. The summed E-state index contributed by atoms with van der Waals surface area (Å²) in [5, 5.41) is 8.62. The van der Waals surface area contributed by atoms with Crippen LogP contribution in [0.1, 0.15) is 0 Å². The van der Waals surface area contributed by atoms with Gasteiger partial charge < -0.3 is 0 Å². The van der Waals surface area contributed by atoms with Crippen molar-refractivity contribution in [3.63, 3.8) is 0 Å². The molecule has 0 amide bonds. The van der Waals surface area contributed by atoms with Crippen LogP contribution in [0.15, 0.2) is 0 Å². The normalized spacial score (nSPS) is 2.25. The van der Waals surface area contributed by atoms with Crippen LogP contribution in [0, 0.1) is 10.3 Å². The minimum atomic E-state index is 0. The maximum atomic E-state index is 7.18. The topological polar surface area (TPSA) is 23.8 Å². The number of hydrogen-bond donors (Lipinski definition) is 0. The Morgan fingerprint density at radius 2 is 1.75 bits per heavy atom. The summed E-state index contributed by atoms with van der Waals surface area (Å²) in [6.07, 6.45) is 0. The second-order valence-electron chi connectivity index (χ2n) is 0.0745. The molecule has 0 N–H and O–H groups in total. The van der Waals surface area contributed by atoms with Crippen molar-refractivity contribution in [2.75, 3.05) is 0 Å². The summed E-state index contributed by atoms with van der Waals surface area (Å²) in [6, 6.07) is 0. The molecule has 0 aromatic rings. The average molecular weight is 150 g/mol. The monoisotopic (exact) mass is 149 g/mol. The van der Waals surface area contributed by atoms with Gasteiger partial charge in [-0.3, -0.25) is 0 Å². The Kier molecular flexibility index (Phi) is 20.9. The quantitative estimate of drug-likeness (QED) is 0.446. The third-order valence-electron chi connectivity index (χ3n) is 0. The van der Waals surface area contributed by atoms with E-state index in [0.29, 0.717) is 0 Å². The van der Waals surface area contributed by atoms with Crippen molar-refractivity contribution >= 4 is 0 Å². The Labute approximate surface area is 45.7 Å². The Morgan fingerprint density at radius 1 is 1.75 bits per heavy atom. The maximum absolute atomic E-state index is 7.18. The van der Waals surface area contributed by atoms with Crippen LogP contribution >= 0.6 is 0 Å². The molecule has 0 unspecified atom stereocenters. The molecule has 0 aliphatic rings. The number of nitrogens with zero attached hydrogens (tertiary/aromatic N) is 1. The van der Waals surface area contributed by atoms with Crippen LogP contribution in [-0.4, -0.2) is 0 Å². The Bertz CT molecular complexity index is 29.5. The van der Waals surface area contributed by atoms with Gasteiger partial charge >= 0.3 is 45.5 Å². The van der Waals surface area contributed by atoms with Crippen LogP contribution in [0.25, 0.3) is 0 Å². The molecule has 0 aromatic carbocycles.